The molecule has 0 spiro atoms. The first-order valence-electron chi connectivity index (χ1n) is 9.10. The van der Waals surface area contributed by atoms with Gasteiger partial charge in [-0.05, 0) is 30.2 Å². The highest BCUT2D eigenvalue weighted by molar-refractivity contribution is 7.20. The van der Waals surface area contributed by atoms with Gasteiger partial charge >= 0.3 is 5.97 Å². The molecule has 0 fully saturated rings. The summed E-state index contributed by atoms with van der Waals surface area (Å²) in [5.41, 5.74) is 2.67. The Morgan fingerprint density at radius 3 is 2.66 bits per heavy atom. The zero-order valence-electron chi connectivity index (χ0n) is 15.7. The molecule has 4 rings (SSSR count). The molecule has 0 amide bonds. The number of nitrogens with one attached hydrogen (secondary N) is 1. The number of esters is 1. The third-order valence-corrected chi connectivity index (χ3v) is 6.02. The van der Waals surface area contributed by atoms with Crippen LogP contribution in [0.5, 0.6) is 0 Å². The van der Waals surface area contributed by atoms with Gasteiger partial charge in [-0.15, -0.1) is 11.3 Å². The van der Waals surface area contributed by atoms with Gasteiger partial charge in [0.15, 0.2) is 0 Å². The maximum absolute atomic E-state index is 12.6. The summed E-state index contributed by atoms with van der Waals surface area (Å²) >= 11 is 7.56. The summed E-state index contributed by atoms with van der Waals surface area (Å²) in [7, 11) is 0. The SMILES string of the molecule is Cc1c(C(=O)OCCc2ccccc2)sc2ncnc(Nc3ccccc3Cl)c12. The number of nitrogens with zero attached hydrogens (tertiary/aromatic N) is 2. The van der Waals surface area contributed by atoms with Crippen molar-refractivity contribution in [1.82, 2.24) is 9.97 Å². The molecule has 2 aromatic carbocycles. The Morgan fingerprint density at radius 1 is 1.10 bits per heavy atom. The lowest BCUT2D eigenvalue weighted by Gasteiger charge is -2.09. The number of carbonyl (C=O) groups is 1. The lowest BCUT2D eigenvalue weighted by molar-refractivity contribution is 0.0514. The van der Waals surface area contributed by atoms with Gasteiger partial charge in [-0.25, -0.2) is 14.8 Å². The Morgan fingerprint density at radius 2 is 1.86 bits per heavy atom. The summed E-state index contributed by atoms with van der Waals surface area (Å²) in [6, 6.07) is 17.4. The van der Waals surface area contributed by atoms with Crippen LogP contribution < -0.4 is 5.32 Å². The number of hydrogen-bond donors (Lipinski definition) is 1. The normalized spacial score (nSPS) is 10.8. The van der Waals surface area contributed by atoms with Crippen molar-refractivity contribution in [3.05, 3.63) is 82.0 Å². The Hall–Kier alpha value is -2.96. The van der Waals surface area contributed by atoms with E-state index in [1.54, 1.807) is 6.07 Å². The summed E-state index contributed by atoms with van der Waals surface area (Å²) in [5.74, 6) is 0.269. The number of thiophene rings is 1. The first-order chi connectivity index (χ1) is 14.1. The number of aryl methyl sites for hydroxylation is 1. The smallest absolute Gasteiger partial charge is 0.348 e. The molecule has 5 nitrogen and oxygen atoms in total. The molecular formula is C22H18ClN3O2S. The first-order valence-corrected chi connectivity index (χ1v) is 10.3. The summed E-state index contributed by atoms with van der Waals surface area (Å²) < 4.78 is 5.50. The van der Waals surface area contributed by atoms with Gasteiger partial charge in [0.2, 0.25) is 0 Å². The first kappa shape index (κ1) is 19.4. The van der Waals surface area contributed by atoms with Gasteiger partial charge < -0.3 is 10.1 Å². The van der Waals surface area contributed by atoms with Crippen molar-refractivity contribution in [2.24, 2.45) is 0 Å². The number of rotatable bonds is 6. The number of aromatic nitrogens is 2. The Labute approximate surface area is 177 Å². The van der Waals surface area contributed by atoms with Crippen molar-refractivity contribution in [3.8, 4) is 0 Å². The molecule has 0 aliphatic heterocycles. The lowest BCUT2D eigenvalue weighted by atomic mass is 10.2. The molecule has 0 aliphatic rings. The van der Waals surface area contributed by atoms with Crippen molar-refractivity contribution in [2.75, 3.05) is 11.9 Å². The molecule has 1 N–H and O–H groups in total. The lowest BCUT2D eigenvalue weighted by Crippen LogP contribution is -2.07. The van der Waals surface area contributed by atoms with E-state index in [0.29, 0.717) is 28.7 Å². The van der Waals surface area contributed by atoms with E-state index in [9.17, 15) is 4.79 Å². The van der Waals surface area contributed by atoms with Crippen LogP contribution in [-0.4, -0.2) is 22.5 Å². The zero-order valence-corrected chi connectivity index (χ0v) is 17.3. The molecule has 2 aromatic heterocycles. The highest BCUT2D eigenvalue weighted by Crippen LogP contribution is 2.35. The molecule has 0 radical (unpaired) electrons. The third-order valence-electron chi connectivity index (χ3n) is 4.51. The van der Waals surface area contributed by atoms with Gasteiger partial charge in [-0.3, -0.25) is 0 Å². The van der Waals surface area contributed by atoms with Gasteiger partial charge in [0.1, 0.15) is 21.9 Å². The number of carbonyl (C=O) groups excluding carboxylic acids is 1. The average Bonchev–Trinajstić information content (AvgIpc) is 3.08. The maximum atomic E-state index is 12.6. The van der Waals surface area contributed by atoms with Crippen LogP contribution in [0.3, 0.4) is 0 Å². The number of benzene rings is 2. The zero-order chi connectivity index (χ0) is 20.2. The topological polar surface area (TPSA) is 64.1 Å². The number of fused-ring (bicyclic) bond motifs is 1. The minimum Gasteiger partial charge on any atom is -0.461 e. The number of anilines is 2. The van der Waals surface area contributed by atoms with Crippen LogP contribution in [0.4, 0.5) is 11.5 Å². The van der Waals surface area contributed by atoms with E-state index >= 15 is 0 Å². The third kappa shape index (κ3) is 4.23. The highest BCUT2D eigenvalue weighted by atomic mass is 35.5. The second-order valence-corrected chi connectivity index (χ2v) is 7.84. The largest absolute Gasteiger partial charge is 0.461 e. The van der Waals surface area contributed by atoms with Gasteiger partial charge in [0.05, 0.1) is 22.7 Å². The fourth-order valence-electron chi connectivity index (χ4n) is 3.02. The van der Waals surface area contributed by atoms with Gasteiger partial charge in [-0.1, -0.05) is 54.1 Å². The number of hydrogen-bond acceptors (Lipinski definition) is 6. The van der Waals surface area contributed by atoms with Crippen molar-refractivity contribution >= 4 is 50.6 Å². The van der Waals surface area contributed by atoms with Crippen LogP contribution in [0.1, 0.15) is 20.8 Å². The molecule has 146 valence electrons. The minimum atomic E-state index is -0.342. The van der Waals surface area contributed by atoms with Crippen LogP contribution in [0.2, 0.25) is 5.02 Å². The van der Waals surface area contributed by atoms with E-state index in [0.717, 1.165) is 27.0 Å². The van der Waals surface area contributed by atoms with Crippen molar-refractivity contribution < 1.29 is 9.53 Å². The van der Waals surface area contributed by atoms with Gasteiger partial charge in [-0.2, -0.15) is 0 Å². The molecule has 7 heteroatoms. The van der Waals surface area contributed by atoms with Gasteiger partial charge in [0, 0.05) is 6.42 Å². The molecule has 2 heterocycles. The fraction of sp³-hybridized carbons (Fsp3) is 0.136. The van der Waals surface area contributed by atoms with E-state index in [2.05, 4.69) is 15.3 Å². The van der Waals surface area contributed by atoms with Crippen LogP contribution in [0.15, 0.2) is 60.9 Å². The van der Waals surface area contributed by atoms with Crippen LogP contribution in [0.25, 0.3) is 10.2 Å². The standard InChI is InChI=1S/C22H18ClN3O2S/c1-14-18-20(26-17-10-6-5-9-16(17)23)24-13-25-21(18)29-19(14)22(27)28-12-11-15-7-3-2-4-8-15/h2-10,13H,11-12H2,1H3,(H,24,25,26). The van der Waals surface area contributed by atoms with E-state index in [4.69, 9.17) is 16.3 Å². The number of ether oxygens (including phenoxy) is 1. The van der Waals surface area contributed by atoms with Crippen molar-refractivity contribution in [1.29, 1.82) is 0 Å². The minimum absolute atomic E-state index is 0.326. The average molecular weight is 424 g/mol. The Kier molecular flexibility index (Phi) is 5.74. The second kappa shape index (κ2) is 8.59. The molecule has 4 aromatic rings. The summed E-state index contributed by atoms with van der Waals surface area (Å²) in [4.78, 5) is 22.6. The Bertz CT molecular complexity index is 1160. The van der Waals surface area contributed by atoms with Crippen molar-refractivity contribution in [3.63, 3.8) is 0 Å². The molecule has 0 saturated heterocycles. The Balaban J connectivity index is 1.56. The quantitative estimate of drug-likeness (QED) is 0.397. The molecule has 0 atom stereocenters. The highest BCUT2D eigenvalue weighted by Gasteiger charge is 2.20. The predicted molar refractivity (Wildman–Crippen MR) is 117 cm³/mol. The molecule has 0 aliphatic carbocycles. The summed E-state index contributed by atoms with van der Waals surface area (Å²) in [5, 5.41) is 4.63. The summed E-state index contributed by atoms with van der Waals surface area (Å²) in [6.45, 7) is 2.21. The molecule has 0 unspecified atom stereocenters. The summed E-state index contributed by atoms with van der Waals surface area (Å²) in [6.07, 6.45) is 2.15. The predicted octanol–water partition coefficient (Wildman–Crippen LogP) is 5.80. The molecule has 29 heavy (non-hydrogen) atoms. The number of halogens is 1. The van der Waals surface area contributed by atoms with E-state index in [-0.39, 0.29) is 5.97 Å². The maximum Gasteiger partial charge on any atom is 0.348 e. The number of para-hydroxylation sites is 1. The van der Waals surface area contributed by atoms with E-state index in [1.807, 2.05) is 55.5 Å². The van der Waals surface area contributed by atoms with Gasteiger partial charge in [0.25, 0.3) is 0 Å². The van der Waals surface area contributed by atoms with Crippen LogP contribution >= 0.6 is 22.9 Å². The monoisotopic (exact) mass is 423 g/mol. The van der Waals surface area contributed by atoms with E-state index < -0.39 is 0 Å². The van der Waals surface area contributed by atoms with Crippen LogP contribution in [-0.2, 0) is 11.2 Å². The van der Waals surface area contributed by atoms with E-state index in [1.165, 1.54) is 17.7 Å². The van der Waals surface area contributed by atoms with Crippen molar-refractivity contribution in [2.45, 2.75) is 13.3 Å². The molecular weight excluding hydrogens is 406 g/mol. The second-order valence-electron chi connectivity index (χ2n) is 6.43. The van der Waals surface area contributed by atoms with Crippen LogP contribution in [0, 0.1) is 6.92 Å². The molecule has 0 bridgehead atoms. The molecule has 0 saturated carbocycles. The fourth-order valence-corrected chi connectivity index (χ4v) is 4.25.